The van der Waals surface area contributed by atoms with E-state index in [2.05, 4.69) is 18.2 Å². The lowest BCUT2D eigenvalue weighted by atomic mass is 9.92. The molecule has 0 aliphatic heterocycles. The topological polar surface area (TPSA) is 99.4 Å². The minimum atomic E-state index is 0.527. The molecule has 0 fully saturated rings. The highest BCUT2D eigenvalue weighted by molar-refractivity contribution is 6.12. The Morgan fingerprint density at radius 3 is 1.57 bits per heavy atom. The maximum absolute atomic E-state index is 9.99. The van der Waals surface area contributed by atoms with E-state index < -0.39 is 0 Å². The molecule has 6 heteroatoms. The first-order valence-corrected chi connectivity index (χ1v) is 15.1. The van der Waals surface area contributed by atoms with Crippen molar-refractivity contribution < 1.29 is 4.42 Å². The van der Waals surface area contributed by atoms with Crippen molar-refractivity contribution in [3.8, 4) is 68.6 Å². The highest BCUT2D eigenvalue weighted by atomic mass is 16.3. The molecule has 0 bridgehead atoms. The monoisotopic (exact) mass is 601 g/mol. The van der Waals surface area contributed by atoms with Crippen LogP contribution in [0.2, 0.25) is 0 Å². The molecule has 8 rings (SSSR count). The van der Waals surface area contributed by atoms with E-state index in [-0.39, 0.29) is 0 Å². The van der Waals surface area contributed by atoms with Crippen LogP contribution in [0, 0.1) is 22.7 Å². The van der Waals surface area contributed by atoms with Gasteiger partial charge in [0, 0.05) is 38.6 Å². The van der Waals surface area contributed by atoms with Crippen LogP contribution in [-0.4, -0.2) is 15.0 Å². The molecule has 0 aliphatic rings. The fraction of sp³-hybridized carbons (Fsp3) is 0. The van der Waals surface area contributed by atoms with Crippen molar-refractivity contribution in [2.45, 2.75) is 0 Å². The van der Waals surface area contributed by atoms with Crippen LogP contribution in [0.1, 0.15) is 11.1 Å². The lowest BCUT2D eigenvalue weighted by Gasteiger charge is -2.10. The van der Waals surface area contributed by atoms with Crippen molar-refractivity contribution in [3.05, 3.63) is 151 Å². The Morgan fingerprint density at radius 1 is 0.426 bits per heavy atom. The van der Waals surface area contributed by atoms with Crippen LogP contribution in [0.4, 0.5) is 0 Å². The number of furan rings is 1. The Balaban J connectivity index is 1.36. The summed E-state index contributed by atoms with van der Waals surface area (Å²) >= 11 is 0. The van der Waals surface area contributed by atoms with E-state index in [0.29, 0.717) is 39.8 Å². The van der Waals surface area contributed by atoms with Gasteiger partial charge in [-0.05, 0) is 47.5 Å². The van der Waals surface area contributed by atoms with Crippen LogP contribution >= 0.6 is 0 Å². The average Bonchev–Trinajstić information content (AvgIpc) is 3.53. The maximum atomic E-state index is 9.99. The average molecular weight is 602 g/mol. The van der Waals surface area contributed by atoms with Crippen LogP contribution in [0.15, 0.2) is 144 Å². The van der Waals surface area contributed by atoms with Gasteiger partial charge >= 0.3 is 0 Å². The molecule has 0 N–H and O–H groups in total. The van der Waals surface area contributed by atoms with Crippen LogP contribution in [0.3, 0.4) is 0 Å². The normalized spacial score (nSPS) is 10.9. The van der Waals surface area contributed by atoms with Gasteiger partial charge in [-0.15, -0.1) is 0 Å². The summed E-state index contributed by atoms with van der Waals surface area (Å²) < 4.78 is 6.63. The van der Waals surface area contributed by atoms with Gasteiger partial charge in [-0.25, -0.2) is 15.0 Å². The molecule has 6 aromatic carbocycles. The van der Waals surface area contributed by atoms with Crippen LogP contribution < -0.4 is 0 Å². The minimum absolute atomic E-state index is 0.527. The first kappa shape index (κ1) is 27.6. The molecule has 0 unspecified atom stereocenters. The molecule has 0 spiro atoms. The summed E-state index contributed by atoms with van der Waals surface area (Å²) in [4.78, 5) is 14.6. The third kappa shape index (κ3) is 4.97. The summed E-state index contributed by atoms with van der Waals surface area (Å²) in [6.07, 6.45) is 0. The molecule has 0 amide bonds. The number of hydrogen-bond acceptors (Lipinski definition) is 6. The molecule has 47 heavy (non-hydrogen) atoms. The summed E-state index contributed by atoms with van der Waals surface area (Å²) in [5.74, 6) is 1.68. The van der Waals surface area contributed by atoms with E-state index in [1.165, 1.54) is 0 Å². The number of rotatable bonds is 5. The molecule has 0 atom stereocenters. The molecule has 0 aliphatic carbocycles. The second-order valence-electron chi connectivity index (χ2n) is 11.1. The Labute approximate surface area is 270 Å². The SMILES string of the molecule is N#Cc1ccccc1-c1cc(-c2ccccc2C#N)c2oc3cc(-c4nc(-c5ccccc5)nc(-c5ccccc5)n4)ccc3c2c1. The maximum Gasteiger partial charge on any atom is 0.164 e. The zero-order valence-electron chi connectivity index (χ0n) is 24.9. The molecular weight excluding hydrogens is 578 g/mol. The molecule has 0 radical (unpaired) electrons. The van der Waals surface area contributed by atoms with Crippen LogP contribution in [-0.2, 0) is 0 Å². The van der Waals surface area contributed by atoms with Crippen molar-refractivity contribution in [1.29, 1.82) is 10.5 Å². The molecule has 0 saturated heterocycles. The highest BCUT2D eigenvalue weighted by Crippen LogP contribution is 2.42. The summed E-state index contributed by atoms with van der Waals surface area (Å²) in [6.45, 7) is 0. The molecule has 8 aromatic rings. The third-order valence-corrected chi connectivity index (χ3v) is 8.23. The van der Waals surface area contributed by atoms with Crippen molar-refractivity contribution in [3.63, 3.8) is 0 Å². The van der Waals surface area contributed by atoms with Gasteiger partial charge in [0.15, 0.2) is 17.5 Å². The van der Waals surface area contributed by atoms with Gasteiger partial charge in [0.1, 0.15) is 11.2 Å². The number of fused-ring (bicyclic) bond motifs is 3. The van der Waals surface area contributed by atoms with Gasteiger partial charge in [0.05, 0.1) is 23.3 Å². The van der Waals surface area contributed by atoms with E-state index in [1.54, 1.807) is 6.07 Å². The van der Waals surface area contributed by atoms with Gasteiger partial charge in [-0.2, -0.15) is 10.5 Å². The molecule has 6 nitrogen and oxygen atoms in total. The van der Waals surface area contributed by atoms with Crippen molar-refractivity contribution >= 4 is 21.9 Å². The summed E-state index contributed by atoms with van der Waals surface area (Å²) in [5, 5.41) is 21.7. The lowest BCUT2D eigenvalue weighted by molar-refractivity contribution is 0.670. The number of nitrogens with zero attached hydrogens (tertiary/aromatic N) is 5. The molecular formula is C41H23N5O. The van der Waals surface area contributed by atoms with E-state index in [9.17, 15) is 10.5 Å². The molecule has 2 heterocycles. The first-order chi connectivity index (χ1) is 23.2. The van der Waals surface area contributed by atoms with Gasteiger partial charge in [0.2, 0.25) is 0 Å². The van der Waals surface area contributed by atoms with E-state index >= 15 is 0 Å². The predicted molar refractivity (Wildman–Crippen MR) is 184 cm³/mol. The smallest absolute Gasteiger partial charge is 0.164 e. The van der Waals surface area contributed by atoms with E-state index in [4.69, 9.17) is 19.4 Å². The van der Waals surface area contributed by atoms with Crippen molar-refractivity contribution in [2.24, 2.45) is 0 Å². The standard InChI is InChI=1S/C41H23N5O/c42-24-29-15-7-9-17-32(29)31-21-35(33-18-10-8-16-30(33)25-43)38-36(22-31)34-20-19-28(23-37(34)47-38)41-45-39(26-11-3-1-4-12-26)44-40(46-41)27-13-5-2-6-14-27/h1-23H. The van der Waals surface area contributed by atoms with E-state index in [0.717, 1.165) is 49.7 Å². The van der Waals surface area contributed by atoms with Gasteiger partial charge in [-0.1, -0.05) is 103 Å². The zero-order chi connectivity index (χ0) is 31.7. The lowest BCUT2D eigenvalue weighted by Crippen LogP contribution is -2.00. The van der Waals surface area contributed by atoms with Crippen LogP contribution in [0.5, 0.6) is 0 Å². The van der Waals surface area contributed by atoms with E-state index in [1.807, 2.05) is 127 Å². The fourth-order valence-electron chi connectivity index (χ4n) is 5.96. The molecule has 218 valence electrons. The zero-order valence-corrected chi connectivity index (χ0v) is 24.9. The Hall–Kier alpha value is -6.89. The highest BCUT2D eigenvalue weighted by Gasteiger charge is 2.20. The van der Waals surface area contributed by atoms with Crippen LogP contribution in [0.25, 0.3) is 78.4 Å². The minimum Gasteiger partial charge on any atom is -0.455 e. The Kier molecular flexibility index (Phi) is 6.80. The van der Waals surface area contributed by atoms with Crippen molar-refractivity contribution in [2.75, 3.05) is 0 Å². The first-order valence-electron chi connectivity index (χ1n) is 15.1. The second-order valence-corrected chi connectivity index (χ2v) is 11.1. The summed E-state index contributed by atoms with van der Waals surface area (Å²) in [7, 11) is 0. The second kappa shape index (κ2) is 11.6. The Morgan fingerprint density at radius 2 is 0.957 bits per heavy atom. The third-order valence-electron chi connectivity index (χ3n) is 8.23. The fourth-order valence-corrected chi connectivity index (χ4v) is 5.96. The number of benzene rings is 6. The molecule has 2 aromatic heterocycles. The van der Waals surface area contributed by atoms with Gasteiger partial charge in [-0.3, -0.25) is 0 Å². The number of nitriles is 2. The summed E-state index contributed by atoms with van der Waals surface area (Å²) in [5.41, 5.74) is 8.19. The van der Waals surface area contributed by atoms with Gasteiger partial charge < -0.3 is 4.42 Å². The quantitative estimate of drug-likeness (QED) is 0.195. The Bertz CT molecular complexity index is 2480. The predicted octanol–water partition coefficient (Wildman–Crippen LogP) is 9.85. The van der Waals surface area contributed by atoms with Gasteiger partial charge in [0.25, 0.3) is 0 Å². The summed E-state index contributed by atoms with van der Waals surface area (Å²) in [6, 6.07) is 49.4. The van der Waals surface area contributed by atoms with Crippen molar-refractivity contribution in [1.82, 2.24) is 15.0 Å². The largest absolute Gasteiger partial charge is 0.455 e. The number of aromatic nitrogens is 3. The molecule has 0 saturated carbocycles. The number of hydrogen-bond donors (Lipinski definition) is 0.